The number of hydrogen-bond acceptors (Lipinski definition) is 8. The molecule has 7 atom stereocenters. The standard InChI is InChI=1S/C24H30O8/c1-5-18(25)31-16-10-15(21(27)29-4)23(2)8-6-14-22(28)32-17(13-7-9-30-12-13)11-24(14,3)20(23)19(16)26/h7,9,12,14-17,20H,5-6,8,10-11H2,1-4H3/t14-,15-,16+,17+,20-,23-,24-/m0/s1. The molecule has 1 saturated heterocycles. The molecule has 8 heteroatoms. The van der Waals surface area contributed by atoms with Crippen LogP contribution in [0.15, 0.2) is 23.0 Å². The molecule has 3 fully saturated rings. The van der Waals surface area contributed by atoms with Gasteiger partial charge < -0.3 is 18.6 Å². The first-order chi connectivity index (χ1) is 15.2. The second kappa shape index (κ2) is 8.05. The highest BCUT2D eigenvalue weighted by Crippen LogP contribution is 2.65. The van der Waals surface area contributed by atoms with E-state index in [1.165, 1.54) is 19.6 Å². The zero-order valence-electron chi connectivity index (χ0n) is 18.9. The van der Waals surface area contributed by atoms with E-state index in [4.69, 9.17) is 18.6 Å². The minimum Gasteiger partial charge on any atom is -0.472 e. The molecule has 174 valence electrons. The average molecular weight is 446 g/mol. The summed E-state index contributed by atoms with van der Waals surface area (Å²) < 4.78 is 21.5. The van der Waals surface area contributed by atoms with Crippen molar-refractivity contribution in [1.29, 1.82) is 0 Å². The first-order valence-corrected chi connectivity index (χ1v) is 11.2. The van der Waals surface area contributed by atoms with Crippen molar-refractivity contribution in [2.75, 3.05) is 7.11 Å². The summed E-state index contributed by atoms with van der Waals surface area (Å²) in [6.07, 6.45) is 3.13. The molecule has 0 amide bonds. The van der Waals surface area contributed by atoms with E-state index in [1.54, 1.807) is 13.0 Å². The van der Waals surface area contributed by atoms with Crippen molar-refractivity contribution < 1.29 is 37.8 Å². The van der Waals surface area contributed by atoms with Crippen LogP contribution in [-0.2, 0) is 33.4 Å². The monoisotopic (exact) mass is 446 g/mol. The maximum absolute atomic E-state index is 13.8. The Labute approximate surface area is 186 Å². The fourth-order valence-corrected chi connectivity index (χ4v) is 6.51. The SMILES string of the molecule is CCC(=O)O[C@@H]1C[C@@H](C(=O)OC)[C@]2(C)CC[C@H]3C(=O)O[C@@H](c4ccoc4)C[C@]3(C)[C@H]2C1=O. The lowest BCUT2D eigenvalue weighted by Gasteiger charge is -2.61. The molecule has 2 saturated carbocycles. The number of furan rings is 1. The van der Waals surface area contributed by atoms with Gasteiger partial charge in [-0.25, -0.2) is 0 Å². The molecule has 0 aromatic carbocycles. The van der Waals surface area contributed by atoms with Crippen molar-refractivity contribution in [2.24, 2.45) is 28.6 Å². The number of ether oxygens (including phenoxy) is 3. The molecule has 8 nitrogen and oxygen atoms in total. The van der Waals surface area contributed by atoms with Crippen LogP contribution in [0.3, 0.4) is 0 Å². The fourth-order valence-electron chi connectivity index (χ4n) is 6.51. The van der Waals surface area contributed by atoms with Crippen LogP contribution in [0, 0.1) is 28.6 Å². The van der Waals surface area contributed by atoms with Gasteiger partial charge in [0, 0.05) is 24.3 Å². The van der Waals surface area contributed by atoms with Crippen LogP contribution in [0.25, 0.3) is 0 Å². The van der Waals surface area contributed by atoms with Gasteiger partial charge in [-0.2, -0.15) is 0 Å². The molecule has 2 aliphatic carbocycles. The molecule has 1 aromatic rings. The largest absolute Gasteiger partial charge is 0.472 e. The Hall–Kier alpha value is -2.64. The fraction of sp³-hybridized carbons (Fsp3) is 0.667. The highest BCUT2D eigenvalue weighted by Gasteiger charge is 2.67. The highest BCUT2D eigenvalue weighted by molar-refractivity contribution is 5.93. The number of fused-ring (bicyclic) bond motifs is 3. The lowest BCUT2D eigenvalue weighted by molar-refractivity contribution is -0.210. The van der Waals surface area contributed by atoms with Crippen LogP contribution in [0.2, 0.25) is 0 Å². The number of hydrogen-bond donors (Lipinski definition) is 0. The molecule has 0 N–H and O–H groups in total. The zero-order valence-corrected chi connectivity index (χ0v) is 18.9. The van der Waals surface area contributed by atoms with Crippen molar-refractivity contribution in [3.63, 3.8) is 0 Å². The normalized spacial score (nSPS) is 38.8. The molecule has 0 unspecified atom stereocenters. The second-order valence-corrected chi connectivity index (χ2v) is 9.77. The molecule has 2 heterocycles. The van der Waals surface area contributed by atoms with Gasteiger partial charge in [-0.15, -0.1) is 0 Å². The zero-order chi connectivity index (χ0) is 23.3. The Morgan fingerprint density at radius 3 is 2.59 bits per heavy atom. The van der Waals surface area contributed by atoms with Gasteiger partial charge in [-0.05, 0) is 36.2 Å². The van der Waals surface area contributed by atoms with Crippen molar-refractivity contribution in [3.05, 3.63) is 24.2 Å². The summed E-state index contributed by atoms with van der Waals surface area (Å²) in [5, 5.41) is 0. The van der Waals surface area contributed by atoms with Gasteiger partial charge in [0.1, 0.15) is 6.10 Å². The Morgan fingerprint density at radius 1 is 1.22 bits per heavy atom. The van der Waals surface area contributed by atoms with Crippen LogP contribution in [-0.4, -0.2) is 36.9 Å². The van der Waals surface area contributed by atoms with E-state index in [1.807, 2.05) is 13.8 Å². The van der Waals surface area contributed by atoms with E-state index in [9.17, 15) is 19.2 Å². The molecular weight excluding hydrogens is 416 g/mol. The topological polar surface area (TPSA) is 109 Å². The first-order valence-electron chi connectivity index (χ1n) is 11.2. The number of methoxy groups -OCH3 is 1. The molecular formula is C24H30O8. The molecule has 1 aromatic heterocycles. The number of carbonyl (C=O) groups is 4. The third-order valence-electron chi connectivity index (χ3n) is 8.07. The average Bonchev–Trinajstić information content (AvgIpc) is 3.29. The predicted molar refractivity (Wildman–Crippen MR) is 110 cm³/mol. The predicted octanol–water partition coefficient (Wildman–Crippen LogP) is 3.39. The van der Waals surface area contributed by atoms with Crippen molar-refractivity contribution >= 4 is 23.7 Å². The van der Waals surface area contributed by atoms with Gasteiger partial charge in [0.15, 0.2) is 11.9 Å². The maximum atomic E-state index is 13.8. The number of esters is 3. The lowest BCUT2D eigenvalue weighted by Crippen LogP contribution is -2.64. The Kier molecular flexibility index (Phi) is 5.67. The van der Waals surface area contributed by atoms with Gasteiger partial charge in [0.05, 0.1) is 31.5 Å². The van der Waals surface area contributed by atoms with Crippen LogP contribution in [0.1, 0.15) is 64.5 Å². The number of cyclic esters (lactones) is 1. The van der Waals surface area contributed by atoms with Gasteiger partial charge >= 0.3 is 17.9 Å². The van der Waals surface area contributed by atoms with Gasteiger partial charge in [-0.1, -0.05) is 20.8 Å². The molecule has 3 aliphatic rings. The van der Waals surface area contributed by atoms with Crippen LogP contribution in [0.4, 0.5) is 0 Å². The van der Waals surface area contributed by atoms with E-state index in [0.717, 1.165) is 5.56 Å². The first kappa shape index (κ1) is 22.6. The third kappa shape index (κ3) is 3.35. The molecule has 0 bridgehead atoms. The lowest BCUT2D eigenvalue weighted by atomic mass is 9.43. The summed E-state index contributed by atoms with van der Waals surface area (Å²) in [6, 6.07) is 1.75. The maximum Gasteiger partial charge on any atom is 0.310 e. The Bertz CT molecular complexity index is 920. The quantitative estimate of drug-likeness (QED) is 0.511. The van der Waals surface area contributed by atoms with Gasteiger partial charge in [0.25, 0.3) is 0 Å². The summed E-state index contributed by atoms with van der Waals surface area (Å²) in [6.45, 7) is 5.52. The van der Waals surface area contributed by atoms with E-state index < -0.39 is 52.7 Å². The summed E-state index contributed by atoms with van der Waals surface area (Å²) in [5.41, 5.74) is -0.763. The highest BCUT2D eigenvalue weighted by atomic mass is 16.6. The minimum atomic E-state index is -1.04. The van der Waals surface area contributed by atoms with Crippen molar-refractivity contribution in [2.45, 2.75) is 65.1 Å². The van der Waals surface area contributed by atoms with E-state index >= 15 is 0 Å². The molecule has 0 radical (unpaired) electrons. The van der Waals surface area contributed by atoms with Crippen molar-refractivity contribution in [3.8, 4) is 0 Å². The molecule has 0 spiro atoms. The Balaban J connectivity index is 1.78. The number of Topliss-reactive ketones (excluding diaryl/α,β-unsaturated/α-hetero) is 1. The molecule has 1 aliphatic heterocycles. The second-order valence-electron chi connectivity index (χ2n) is 9.77. The van der Waals surface area contributed by atoms with E-state index in [2.05, 4.69) is 0 Å². The smallest absolute Gasteiger partial charge is 0.310 e. The summed E-state index contributed by atoms with van der Waals surface area (Å²) in [4.78, 5) is 51.8. The molecule has 4 rings (SSSR count). The molecule has 32 heavy (non-hydrogen) atoms. The summed E-state index contributed by atoms with van der Waals surface area (Å²) in [7, 11) is 1.32. The number of ketones is 1. The van der Waals surface area contributed by atoms with E-state index in [-0.39, 0.29) is 24.6 Å². The van der Waals surface area contributed by atoms with Gasteiger partial charge in [-0.3, -0.25) is 19.2 Å². The third-order valence-corrected chi connectivity index (χ3v) is 8.07. The minimum absolute atomic E-state index is 0.0978. The number of rotatable bonds is 4. The Morgan fingerprint density at radius 2 is 1.97 bits per heavy atom. The van der Waals surface area contributed by atoms with Gasteiger partial charge in [0.2, 0.25) is 0 Å². The number of carbonyl (C=O) groups excluding carboxylic acids is 4. The van der Waals surface area contributed by atoms with Crippen LogP contribution in [0.5, 0.6) is 0 Å². The van der Waals surface area contributed by atoms with Crippen LogP contribution >= 0.6 is 0 Å². The summed E-state index contributed by atoms with van der Waals surface area (Å²) in [5.74, 6) is -3.24. The van der Waals surface area contributed by atoms with Crippen LogP contribution < -0.4 is 0 Å². The summed E-state index contributed by atoms with van der Waals surface area (Å²) >= 11 is 0. The van der Waals surface area contributed by atoms with Crippen molar-refractivity contribution in [1.82, 2.24) is 0 Å². The van der Waals surface area contributed by atoms with E-state index in [0.29, 0.717) is 19.3 Å².